The molecule has 3 N–H and O–H groups in total. The zero-order valence-corrected chi connectivity index (χ0v) is 18.0. The van der Waals surface area contributed by atoms with Crippen LogP contribution in [0.3, 0.4) is 0 Å². The predicted octanol–water partition coefficient (Wildman–Crippen LogP) is 2.77. The first-order valence-electron chi connectivity index (χ1n) is 11.3. The van der Waals surface area contributed by atoms with Crippen LogP contribution in [0, 0.1) is 23.2 Å². The normalized spacial score (nSPS) is 29.0. The van der Waals surface area contributed by atoms with Crippen molar-refractivity contribution in [1.29, 1.82) is 0 Å². The number of benzene rings is 1. The highest BCUT2D eigenvalue weighted by Gasteiger charge is 2.54. The van der Waals surface area contributed by atoms with Gasteiger partial charge in [-0.3, -0.25) is 14.4 Å². The Morgan fingerprint density at radius 1 is 0.933 bits per heavy atom. The summed E-state index contributed by atoms with van der Waals surface area (Å²) in [4.78, 5) is 36.9. The fourth-order valence-electron chi connectivity index (χ4n) is 6.17. The van der Waals surface area contributed by atoms with Gasteiger partial charge in [0.1, 0.15) is 0 Å². The van der Waals surface area contributed by atoms with Gasteiger partial charge in [0.15, 0.2) is 0 Å². The van der Waals surface area contributed by atoms with Crippen LogP contribution in [0.25, 0.3) is 0 Å². The lowest BCUT2D eigenvalue weighted by molar-refractivity contribution is -0.146. The lowest BCUT2D eigenvalue weighted by Crippen LogP contribution is -2.53. The van der Waals surface area contributed by atoms with Crippen molar-refractivity contribution >= 4 is 17.7 Å². The second-order valence-corrected chi connectivity index (χ2v) is 9.98. The summed E-state index contributed by atoms with van der Waals surface area (Å²) in [5.74, 6) is 1.99. The van der Waals surface area contributed by atoms with Crippen molar-refractivity contribution in [3.05, 3.63) is 35.4 Å². The highest BCUT2D eigenvalue weighted by atomic mass is 16.2. The molecule has 0 unspecified atom stereocenters. The summed E-state index contributed by atoms with van der Waals surface area (Å²) in [6.07, 6.45) is 7.18. The third-order valence-electron chi connectivity index (χ3n) is 7.05. The molecule has 6 nitrogen and oxygen atoms in total. The number of nitrogens with one attached hydrogen (secondary N) is 3. The van der Waals surface area contributed by atoms with E-state index in [1.165, 1.54) is 19.3 Å². The van der Waals surface area contributed by atoms with Gasteiger partial charge >= 0.3 is 0 Å². The van der Waals surface area contributed by atoms with Gasteiger partial charge < -0.3 is 16.0 Å². The molecule has 1 aromatic carbocycles. The summed E-state index contributed by atoms with van der Waals surface area (Å²) in [5.41, 5.74) is 1.34. The van der Waals surface area contributed by atoms with E-state index in [1.807, 2.05) is 26.0 Å². The fourth-order valence-corrected chi connectivity index (χ4v) is 6.17. The first-order valence-corrected chi connectivity index (χ1v) is 11.3. The first kappa shape index (κ1) is 20.9. The summed E-state index contributed by atoms with van der Waals surface area (Å²) >= 11 is 0. The van der Waals surface area contributed by atoms with Gasteiger partial charge in [-0.1, -0.05) is 12.1 Å². The molecule has 0 radical (unpaired) electrons. The minimum absolute atomic E-state index is 0.0418. The third kappa shape index (κ3) is 4.52. The van der Waals surface area contributed by atoms with E-state index in [0.717, 1.165) is 42.6 Å². The molecule has 0 aliphatic heterocycles. The van der Waals surface area contributed by atoms with E-state index >= 15 is 0 Å². The summed E-state index contributed by atoms with van der Waals surface area (Å²) in [5, 5.41) is 8.54. The molecule has 3 amide bonds. The molecule has 0 saturated heterocycles. The quantitative estimate of drug-likeness (QED) is 0.645. The van der Waals surface area contributed by atoms with Gasteiger partial charge in [-0.2, -0.15) is 0 Å². The third-order valence-corrected chi connectivity index (χ3v) is 7.05. The van der Waals surface area contributed by atoms with Crippen LogP contribution in [0.15, 0.2) is 24.3 Å². The van der Waals surface area contributed by atoms with Crippen LogP contribution < -0.4 is 16.0 Å². The van der Waals surface area contributed by atoms with Crippen molar-refractivity contribution in [2.24, 2.45) is 23.2 Å². The number of hydrogen-bond donors (Lipinski definition) is 3. The molecule has 4 aliphatic rings. The number of rotatable bonds is 7. The fraction of sp³-hybridized carbons (Fsp3) is 0.625. The predicted molar refractivity (Wildman–Crippen MR) is 115 cm³/mol. The lowest BCUT2D eigenvalue weighted by Gasteiger charge is -2.55. The van der Waals surface area contributed by atoms with E-state index in [2.05, 4.69) is 16.0 Å². The van der Waals surface area contributed by atoms with Gasteiger partial charge in [-0.15, -0.1) is 0 Å². The smallest absolute Gasteiger partial charge is 0.251 e. The Morgan fingerprint density at radius 2 is 1.50 bits per heavy atom. The topological polar surface area (TPSA) is 87.3 Å². The van der Waals surface area contributed by atoms with E-state index < -0.39 is 0 Å². The van der Waals surface area contributed by atoms with Gasteiger partial charge in [0.05, 0.1) is 6.54 Å². The molecule has 4 aliphatic carbocycles. The molecule has 1 aromatic rings. The Hall–Kier alpha value is -2.37. The highest BCUT2D eigenvalue weighted by Crippen LogP contribution is 2.60. The van der Waals surface area contributed by atoms with E-state index in [4.69, 9.17) is 0 Å². The average Bonchev–Trinajstić information content (AvgIpc) is 2.69. The number of carbonyl (C=O) groups is 3. The van der Waals surface area contributed by atoms with E-state index in [9.17, 15) is 14.4 Å². The second-order valence-electron chi connectivity index (χ2n) is 9.98. The maximum absolute atomic E-state index is 13.1. The maximum atomic E-state index is 13.1. The minimum atomic E-state index is -0.280. The van der Waals surface area contributed by atoms with E-state index in [0.29, 0.717) is 12.1 Å². The Balaban J connectivity index is 1.27. The molecule has 0 aromatic heterocycles. The Kier molecular flexibility index (Phi) is 5.85. The zero-order valence-electron chi connectivity index (χ0n) is 18.0. The summed E-state index contributed by atoms with van der Waals surface area (Å²) in [6.45, 7) is 4.19. The molecule has 0 atom stereocenters. The van der Waals surface area contributed by atoms with Crippen LogP contribution in [0.4, 0.5) is 0 Å². The van der Waals surface area contributed by atoms with Crippen molar-refractivity contribution in [3.8, 4) is 0 Å². The molecule has 162 valence electrons. The summed E-state index contributed by atoms with van der Waals surface area (Å²) in [7, 11) is 0. The van der Waals surface area contributed by atoms with Crippen molar-refractivity contribution in [2.75, 3.05) is 6.54 Å². The van der Waals surface area contributed by atoms with Crippen LogP contribution in [0.1, 0.15) is 68.3 Å². The Bertz CT molecular complexity index is 780. The second kappa shape index (κ2) is 8.40. The molecule has 6 heteroatoms. The molecule has 4 fully saturated rings. The molecule has 30 heavy (non-hydrogen) atoms. The maximum Gasteiger partial charge on any atom is 0.251 e. The van der Waals surface area contributed by atoms with Crippen molar-refractivity contribution in [3.63, 3.8) is 0 Å². The van der Waals surface area contributed by atoms with E-state index in [-0.39, 0.29) is 35.7 Å². The minimum Gasteiger partial charge on any atom is -0.352 e. The molecular weight excluding hydrogens is 378 g/mol. The average molecular weight is 412 g/mol. The molecule has 4 bridgehead atoms. The lowest BCUT2D eigenvalue weighted by atomic mass is 9.49. The largest absolute Gasteiger partial charge is 0.352 e. The molecule has 4 saturated carbocycles. The molecule has 0 heterocycles. The van der Waals surface area contributed by atoms with Crippen LogP contribution in [-0.2, 0) is 16.1 Å². The number of hydrogen-bond acceptors (Lipinski definition) is 3. The van der Waals surface area contributed by atoms with Crippen LogP contribution in [0.5, 0.6) is 0 Å². The molecule has 5 rings (SSSR count). The summed E-state index contributed by atoms with van der Waals surface area (Å²) < 4.78 is 0. The first-order chi connectivity index (χ1) is 14.3. The van der Waals surface area contributed by atoms with Crippen molar-refractivity contribution < 1.29 is 14.4 Å². The monoisotopic (exact) mass is 411 g/mol. The zero-order chi connectivity index (χ0) is 21.3. The number of amides is 3. The van der Waals surface area contributed by atoms with Gasteiger partial charge in [0.25, 0.3) is 5.91 Å². The standard InChI is InChI=1S/C24H33N3O3/c1-15(2)27-21(28)14-25-22(29)20-5-3-16(4-6-20)13-26-23(30)24-10-17-7-18(11-24)9-19(8-17)12-24/h3-6,15,17-19H,7-14H2,1-2H3,(H,25,29)(H,26,30)(H,27,28). The van der Waals surface area contributed by atoms with Crippen LogP contribution in [0.2, 0.25) is 0 Å². The number of carbonyl (C=O) groups excluding carboxylic acids is 3. The van der Waals surface area contributed by atoms with Gasteiger partial charge in [-0.05, 0) is 87.8 Å². The Labute approximate surface area is 178 Å². The Morgan fingerprint density at radius 3 is 2.03 bits per heavy atom. The van der Waals surface area contributed by atoms with E-state index in [1.54, 1.807) is 12.1 Å². The molecule has 0 spiro atoms. The van der Waals surface area contributed by atoms with Crippen LogP contribution >= 0.6 is 0 Å². The van der Waals surface area contributed by atoms with Crippen molar-refractivity contribution in [2.45, 2.75) is 65.0 Å². The van der Waals surface area contributed by atoms with Crippen LogP contribution in [-0.4, -0.2) is 30.3 Å². The highest BCUT2D eigenvalue weighted by molar-refractivity contribution is 5.96. The summed E-state index contributed by atoms with van der Waals surface area (Å²) in [6, 6.07) is 7.25. The molecular formula is C24H33N3O3. The van der Waals surface area contributed by atoms with Crippen molar-refractivity contribution in [1.82, 2.24) is 16.0 Å². The van der Waals surface area contributed by atoms with Gasteiger partial charge in [0, 0.05) is 23.6 Å². The SMILES string of the molecule is CC(C)NC(=O)CNC(=O)c1ccc(CNC(=O)C23CC4CC(CC(C4)C2)C3)cc1. The van der Waals surface area contributed by atoms with Gasteiger partial charge in [0.2, 0.25) is 11.8 Å². The van der Waals surface area contributed by atoms with Gasteiger partial charge in [-0.25, -0.2) is 0 Å².